The van der Waals surface area contributed by atoms with E-state index < -0.39 is 16.1 Å². The molecule has 7 nitrogen and oxygen atoms in total. The molecule has 32 heavy (non-hydrogen) atoms. The molecule has 0 aliphatic carbocycles. The zero-order valence-electron chi connectivity index (χ0n) is 18.6. The lowest BCUT2D eigenvalue weighted by Crippen LogP contribution is -2.48. The van der Waals surface area contributed by atoms with E-state index in [1.807, 2.05) is 30.3 Å². The first kappa shape index (κ1) is 25.7. The molecule has 0 saturated carbocycles. The van der Waals surface area contributed by atoms with Crippen molar-refractivity contribution in [2.75, 3.05) is 30.7 Å². The number of halogens is 1. The summed E-state index contributed by atoms with van der Waals surface area (Å²) in [6.45, 7) is 2.21. The largest absolute Gasteiger partial charge is 0.357 e. The number of hydrogen-bond acceptors (Lipinski definition) is 4. The van der Waals surface area contributed by atoms with E-state index in [-0.39, 0.29) is 24.8 Å². The van der Waals surface area contributed by atoms with Crippen molar-refractivity contribution in [3.8, 4) is 0 Å². The van der Waals surface area contributed by atoms with Gasteiger partial charge in [-0.25, -0.2) is 8.42 Å². The molecular weight excluding hydrogens is 450 g/mol. The zero-order chi connectivity index (χ0) is 23.7. The van der Waals surface area contributed by atoms with Crippen LogP contribution in [-0.4, -0.2) is 57.6 Å². The Morgan fingerprint density at radius 3 is 2.34 bits per heavy atom. The Morgan fingerprint density at radius 2 is 1.75 bits per heavy atom. The van der Waals surface area contributed by atoms with Crippen LogP contribution in [0.5, 0.6) is 0 Å². The first-order valence-corrected chi connectivity index (χ1v) is 12.6. The highest BCUT2D eigenvalue weighted by atomic mass is 35.5. The zero-order valence-corrected chi connectivity index (χ0v) is 20.2. The van der Waals surface area contributed by atoms with Gasteiger partial charge in [0.1, 0.15) is 6.04 Å². The average molecular weight is 480 g/mol. The summed E-state index contributed by atoms with van der Waals surface area (Å²) in [5, 5.41) is 3.02. The van der Waals surface area contributed by atoms with Crippen LogP contribution >= 0.6 is 11.6 Å². The number of likely N-dealkylation sites (N-methyl/N-ethyl adjacent to an activating group) is 1. The van der Waals surface area contributed by atoms with Gasteiger partial charge in [0, 0.05) is 31.6 Å². The van der Waals surface area contributed by atoms with Crippen LogP contribution < -0.4 is 9.62 Å². The summed E-state index contributed by atoms with van der Waals surface area (Å²) in [5.41, 5.74) is 1.52. The molecule has 0 heterocycles. The van der Waals surface area contributed by atoms with Gasteiger partial charge in [-0.3, -0.25) is 13.9 Å². The van der Waals surface area contributed by atoms with E-state index in [0.29, 0.717) is 30.1 Å². The molecule has 174 valence electrons. The number of benzene rings is 2. The lowest BCUT2D eigenvalue weighted by Gasteiger charge is -2.29. The highest BCUT2D eigenvalue weighted by Gasteiger charge is 2.25. The number of hydrogen-bond donors (Lipinski definition) is 1. The molecule has 1 atom stereocenters. The number of nitrogens with one attached hydrogen (secondary N) is 1. The number of rotatable bonds is 11. The van der Waals surface area contributed by atoms with Crippen LogP contribution in [0.3, 0.4) is 0 Å². The van der Waals surface area contributed by atoms with Crippen LogP contribution in [0.1, 0.15) is 25.3 Å². The summed E-state index contributed by atoms with van der Waals surface area (Å²) in [7, 11) is -2.01. The third kappa shape index (κ3) is 7.53. The van der Waals surface area contributed by atoms with Crippen molar-refractivity contribution in [1.82, 2.24) is 10.2 Å². The van der Waals surface area contributed by atoms with E-state index in [1.54, 1.807) is 36.1 Å². The lowest BCUT2D eigenvalue weighted by atomic mass is 10.1. The Morgan fingerprint density at radius 1 is 1.06 bits per heavy atom. The average Bonchev–Trinajstić information content (AvgIpc) is 2.76. The predicted molar refractivity (Wildman–Crippen MR) is 128 cm³/mol. The lowest BCUT2D eigenvalue weighted by molar-refractivity contribution is -0.139. The van der Waals surface area contributed by atoms with Crippen LogP contribution in [0.25, 0.3) is 0 Å². The van der Waals surface area contributed by atoms with Gasteiger partial charge in [-0.2, -0.15) is 0 Å². The number of carbonyl (C=O) groups excluding carboxylic acids is 2. The summed E-state index contributed by atoms with van der Waals surface area (Å²) < 4.78 is 25.8. The molecule has 0 fully saturated rings. The maximum atomic E-state index is 13.0. The highest BCUT2D eigenvalue weighted by Crippen LogP contribution is 2.22. The maximum Gasteiger partial charge on any atom is 0.242 e. The van der Waals surface area contributed by atoms with Gasteiger partial charge in [0.15, 0.2) is 0 Å². The van der Waals surface area contributed by atoms with Crippen molar-refractivity contribution in [3.05, 3.63) is 65.2 Å². The minimum atomic E-state index is -3.55. The second-order valence-electron chi connectivity index (χ2n) is 7.53. The fourth-order valence-electron chi connectivity index (χ4n) is 3.41. The second kappa shape index (κ2) is 11.9. The Bertz CT molecular complexity index is 1010. The smallest absolute Gasteiger partial charge is 0.242 e. The van der Waals surface area contributed by atoms with Crippen molar-refractivity contribution in [2.24, 2.45) is 0 Å². The van der Waals surface area contributed by atoms with Crippen molar-refractivity contribution in [2.45, 2.75) is 32.2 Å². The summed E-state index contributed by atoms with van der Waals surface area (Å²) in [6.07, 6.45) is 2.16. The standard InChI is InChI=1S/C23H30ClN3O4S/c1-18(23(29)25-2)26(16-14-19-9-5-4-6-10-19)22(28)13-8-15-27(32(3,30)31)21-12-7-11-20(24)17-21/h4-7,9-12,17-18H,8,13-16H2,1-3H3,(H,25,29)/t18-/m1/s1. The van der Waals surface area contributed by atoms with E-state index in [1.165, 1.54) is 11.4 Å². The molecule has 1 N–H and O–H groups in total. The number of sulfonamides is 1. The number of nitrogens with zero attached hydrogens (tertiary/aromatic N) is 2. The molecule has 0 aliphatic rings. The van der Waals surface area contributed by atoms with Crippen molar-refractivity contribution in [1.29, 1.82) is 0 Å². The molecular formula is C23H30ClN3O4S. The molecule has 0 bridgehead atoms. The molecule has 0 radical (unpaired) electrons. The van der Waals surface area contributed by atoms with E-state index in [0.717, 1.165) is 11.8 Å². The van der Waals surface area contributed by atoms with Crippen molar-refractivity contribution < 1.29 is 18.0 Å². The minimum Gasteiger partial charge on any atom is -0.357 e. The molecule has 0 unspecified atom stereocenters. The molecule has 0 aliphatic heterocycles. The van der Waals surface area contributed by atoms with E-state index in [4.69, 9.17) is 11.6 Å². The van der Waals surface area contributed by atoms with Crippen LogP contribution in [0.15, 0.2) is 54.6 Å². The highest BCUT2D eigenvalue weighted by molar-refractivity contribution is 7.92. The van der Waals surface area contributed by atoms with Gasteiger partial charge in [0.05, 0.1) is 11.9 Å². The van der Waals surface area contributed by atoms with Crippen molar-refractivity contribution >= 4 is 39.1 Å². The molecule has 2 rings (SSSR count). The third-order valence-electron chi connectivity index (χ3n) is 5.15. The molecule has 0 spiro atoms. The Kier molecular flexibility index (Phi) is 9.53. The first-order chi connectivity index (χ1) is 15.1. The fourth-order valence-corrected chi connectivity index (χ4v) is 4.56. The van der Waals surface area contributed by atoms with Gasteiger partial charge < -0.3 is 10.2 Å². The third-order valence-corrected chi connectivity index (χ3v) is 6.58. The van der Waals surface area contributed by atoms with E-state index >= 15 is 0 Å². The van der Waals surface area contributed by atoms with Crippen LogP contribution in [0.4, 0.5) is 5.69 Å². The second-order valence-corrected chi connectivity index (χ2v) is 9.87. The van der Waals surface area contributed by atoms with Gasteiger partial charge in [0.25, 0.3) is 0 Å². The normalized spacial score (nSPS) is 12.1. The van der Waals surface area contributed by atoms with Gasteiger partial charge in [-0.15, -0.1) is 0 Å². The van der Waals surface area contributed by atoms with Crippen LogP contribution in [0, 0.1) is 0 Å². The molecule has 2 aromatic carbocycles. The monoisotopic (exact) mass is 479 g/mol. The molecule has 0 aromatic heterocycles. The SMILES string of the molecule is CNC(=O)[C@@H](C)N(CCc1ccccc1)C(=O)CCCN(c1cccc(Cl)c1)S(C)(=O)=O. The summed E-state index contributed by atoms with van der Waals surface area (Å²) in [6, 6.07) is 15.7. The Balaban J connectivity index is 2.07. The molecule has 2 aromatic rings. The van der Waals surface area contributed by atoms with E-state index in [9.17, 15) is 18.0 Å². The van der Waals surface area contributed by atoms with Crippen LogP contribution in [0.2, 0.25) is 5.02 Å². The van der Waals surface area contributed by atoms with Crippen LogP contribution in [-0.2, 0) is 26.0 Å². The summed E-state index contributed by atoms with van der Waals surface area (Å²) >= 11 is 6.01. The Labute approximate surface area is 195 Å². The number of anilines is 1. The number of amides is 2. The van der Waals surface area contributed by atoms with Gasteiger partial charge in [0.2, 0.25) is 21.8 Å². The van der Waals surface area contributed by atoms with E-state index in [2.05, 4.69) is 5.32 Å². The fraction of sp³-hybridized carbons (Fsp3) is 0.391. The summed E-state index contributed by atoms with van der Waals surface area (Å²) in [5.74, 6) is -0.445. The number of carbonyl (C=O) groups is 2. The minimum absolute atomic E-state index is 0.114. The predicted octanol–water partition coefficient (Wildman–Crippen LogP) is 3.09. The van der Waals surface area contributed by atoms with Gasteiger partial charge in [-0.1, -0.05) is 48.0 Å². The quantitative estimate of drug-likeness (QED) is 0.536. The molecule has 2 amide bonds. The van der Waals surface area contributed by atoms with Gasteiger partial charge in [-0.05, 0) is 43.5 Å². The first-order valence-electron chi connectivity index (χ1n) is 10.4. The maximum absolute atomic E-state index is 13.0. The molecule has 9 heteroatoms. The van der Waals surface area contributed by atoms with Crippen molar-refractivity contribution in [3.63, 3.8) is 0 Å². The van der Waals surface area contributed by atoms with Gasteiger partial charge >= 0.3 is 0 Å². The topological polar surface area (TPSA) is 86.8 Å². The Hall–Kier alpha value is -2.58. The summed E-state index contributed by atoms with van der Waals surface area (Å²) in [4.78, 5) is 26.8. The molecule has 0 saturated heterocycles.